The Kier molecular flexibility index (Phi) is 6.74. The van der Waals surface area contributed by atoms with Crippen LogP contribution in [0, 0.1) is 0 Å². The molecule has 0 unspecified atom stereocenters. The quantitative estimate of drug-likeness (QED) is 0.691. The molecule has 1 aromatic rings. The van der Waals surface area contributed by atoms with Crippen molar-refractivity contribution >= 4 is 39.1 Å². The average molecular weight is 325 g/mol. The first kappa shape index (κ1) is 14.3. The van der Waals surface area contributed by atoms with Crippen LogP contribution >= 0.6 is 39.1 Å². The van der Waals surface area contributed by atoms with Crippen molar-refractivity contribution in [2.75, 3.05) is 18.4 Å². The van der Waals surface area contributed by atoms with E-state index >= 15 is 0 Å². The molecule has 0 spiro atoms. The highest BCUT2D eigenvalue weighted by atomic mass is 79.9. The molecule has 1 rings (SSSR count). The lowest BCUT2D eigenvalue weighted by Gasteiger charge is -2.20. The van der Waals surface area contributed by atoms with Gasteiger partial charge in [0.05, 0.1) is 10.0 Å². The van der Waals surface area contributed by atoms with Gasteiger partial charge in [-0.25, -0.2) is 0 Å². The number of hydrogen-bond donors (Lipinski definition) is 0. The Balaban J connectivity index is 2.65. The second-order valence-electron chi connectivity index (χ2n) is 3.71. The molecule has 0 aromatic heterocycles. The Morgan fingerprint density at radius 2 is 1.94 bits per heavy atom. The van der Waals surface area contributed by atoms with Crippen LogP contribution in [0.5, 0.6) is 0 Å². The lowest BCUT2D eigenvalue weighted by atomic mass is 10.2. The van der Waals surface area contributed by atoms with Crippen LogP contribution in [0.3, 0.4) is 0 Å². The molecule has 0 bridgehead atoms. The van der Waals surface area contributed by atoms with E-state index in [1.807, 2.05) is 18.2 Å². The largest absolute Gasteiger partial charge is 0.298 e. The molecule has 0 aliphatic carbocycles. The van der Waals surface area contributed by atoms with E-state index in [-0.39, 0.29) is 0 Å². The summed E-state index contributed by atoms with van der Waals surface area (Å²) in [6, 6.07) is 5.84. The summed E-state index contributed by atoms with van der Waals surface area (Å²) in [5.74, 6) is 0. The highest BCUT2D eigenvalue weighted by Crippen LogP contribution is 2.23. The predicted octanol–water partition coefficient (Wildman–Crippen LogP) is 4.60. The lowest BCUT2D eigenvalue weighted by Crippen LogP contribution is -2.26. The van der Waals surface area contributed by atoms with E-state index in [2.05, 4.69) is 27.8 Å². The molecule has 16 heavy (non-hydrogen) atoms. The summed E-state index contributed by atoms with van der Waals surface area (Å²) in [5.41, 5.74) is 1.21. The van der Waals surface area contributed by atoms with E-state index in [1.54, 1.807) is 0 Å². The summed E-state index contributed by atoms with van der Waals surface area (Å²) in [4.78, 5) is 2.40. The molecule has 0 aliphatic heterocycles. The van der Waals surface area contributed by atoms with E-state index in [0.29, 0.717) is 10.0 Å². The van der Waals surface area contributed by atoms with Gasteiger partial charge in [0.15, 0.2) is 0 Å². The molecule has 0 fully saturated rings. The maximum atomic E-state index is 5.99. The third-order valence-corrected chi connectivity index (χ3v) is 3.42. The fourth-order valence-corrected chi connectivity index (χ4v) is 2.42. The van der Waals surface area contributed by atoms with Crippen LogP contribution < -0.4 is 0 Å². The minimum Gasteiger partial charge on any atom is -0.298 e. The number of alkyl halides is 1. The normalized spacial score (nSPS) is 11.1. The Morgan fingerprint density at radius 1 is 1.19 bits per heavy atom. The van der Waals surface area contributed by atoms with Gasteiger partial charge < -0.3 is 0 Å². The molecule has 0 heterocycles. The van der Waals surface area contributed by atoms with Crippen LogP contribution in [0.2, 0.25) is 10.0 Å². The van der Waals surface area contributed by atoms with Gasteiger partial charge in [0.1, 0.15) is 0 Å². The van der Waals surface area contributed by atoms with Crippen LogP contribution in [0.4, 0.5) is 0 Å². The Morgan fingerprint density at radius 3 is 2.50 bits per heavy atom. The highest BCUT2D eigenvalue weighted by Gasteiger charge is 2.05. The van der Waals surface area contributed by atoms with Gasteiger partial charge in [0.25, 0.3) is 0 Å². The number of halogens is 3. The van der Waals surface area contributed by atoms with Gasteiger partial charge >= 0.3 is 0 Å². The molecule has 0 radical (unpaired) electrons. The summed E-state index contributed by atoms with van der Waals surface area (Å²) in [5, 5.41) is 2.25. The van der Waals surface area contributed by atoms with Crippen molar-refractivity contribution in [1.29, 1.82) is 0 Å². The first-order valence-electron chi connectivity index (χ1n) is 5.39. The summed E-state index contributed by atoms with van der Waals surface area (Å²) >= 11 is 15.3. The van der Waals surface area contributed by atoms with Crippen molar-refractivity contribution in [3.63, 3.8) is 0 Å². The maximum absolute atomic E-state index is 5.99. The van der Waals surface area contributed by atoms with E-state index in [1.165, 1.54) is 5.56 Å². The summed E-state index contributed by atoms with van der Waals surface area (Å²) in [6.45, 7) is 5.27. The molecule has 1 nitrogen and oxygen atoms in total. The lowest BCUT2D eigenvalue weighted by molar-refractivity contribution is 0.284. The minimum absolute atomic E-state index is 0.618. The van der Waals surface area contributed by atoms with E-state index in [4.69, 9.17) is 23.2 Å². The Bertz CT molecular complexity index is 325. The molecule has 0 amide bonds. The van der Waals surface area contributed by atoms with Crippen molar-refractivity contribution in [3.05, 3.63) is 33.8 Å². The van der Waals surface area contributed by atoms with Gasteiger partial charge in [0, 0.05) is 18.4 Å². The first-order chi connectivity index (χ1) is 7.67. The fourth-order valence-electron chi connectivity index (χ4n) is 1.60. The third-order valence-electron chi connectivity index (χ3n) is 2.33. The first-order valence-corrected chi connectivity index (χ1v) is 7.27. The Labute approximate surface area is 116 Å². The van der Waals surface area contributed by atoms with Crippen molar-refractivity contribution in [1.82, 2.24) is 4.90 Å². The van der Waals surface area contributed by atoms with Crippen molar-refractivity contribution in [3.8, 4) is 0 Å². The fraction of sp³-hybridized carbons (Fsp3) is 0.500. The predicted molar refractivity (Wildman–Crippen MR) is 75.8 cm³/mol. The smallest absolute Gasteiger partial charge is 0.0595 e. The van der Waals surface area contributed by atoms with Gasteiger partial charge in [-0.15, -0.1) is 0 Å². The topological polar surface area (TPSA) is 3.24 Å². The zero-order valence-electron chi connectivity index (χ0n) is 9.35. The third kappa shape index (κ3) is 4.62. The number of nitrogens with zero attached hydrogens (tertiary/aromatic N) is 1. The number of benzene rings is 1. The van der Waals surface area contributed by atoms with E-state index in [9.17, 15) is 0 Å². The molecular formula is C12H16BrCl2N. The zero-order valence-corrected chi connectivity index (χ0v) is 12.4. The standard InChI is InChI=1S/C12H16BrCl2N/c1-2-6-16(7-5-13)9-10-3-4-11(14)12(15)8-10/h3-4,8H,2,5-7,9H2,1H3. The molecule has 0 aliphatic rings. The van der Waals surface area contributed by atoms with E-state index in [0.717, 1.165) is 31.4 Å². The summed E-state index contributed by atoms with van der Waals surface area (Å²) in [7, 11) is 0. The van der Waals surface area contributed by atoms with Gasteiger partial charge in [0.2, 0.25) is 0 Å². The molecule has 0 saturated carbocycles. The van der Waals surface area contributed by atoms with Crippen LogP contribution in [-0.4, -0.2) is 23.3 Å². The molecule has 4 heteroatoms. The molecular weight excluding hydrogens is 309 g/mol. The van der Waals surface area contributed by atoms with Crippen LogP contribution in [0.15, 0.2) is 18.2 Å². The molecule has 90 valence electrons. The second kappa shape index (κ2) is 7.54. The van der Waals surface area contributed by atoms with Gasteiger partial charge in [-0.2, -0.15) is 0 Å². The minimum atomic E-state index is 0.618. The summed E-state index contributed by atoms with van der Waals surface area (Å²) in [6.07, 6.45) is 1.16. The number of rotatable bonds is 6. The highest BCUT2D eigenvalue weighted by molar-refractivity contribution is 9.09. The van der Waals surface area contributed by atoms with Gasteiger partial charge in [-0.05, 0) is 30.7 Å². The van der Waals surface area contributed by atoms with Gasteiger partial charge in [-0.3, -0.25) is 4.90 Å². The second-order valence-corrected chi connectivity index (χ2v) is 5.32. The molecule has 0 saturated heterocycles. The van der Waals surface area contributed by atoms with Crippen LogP contribution in [0.25, 0.3) is 0 Å². The SMILES string of the molecule is CCCN(CCBr)Cc1ccc(Cl)c(Cl)c1. The van der Waals surface area contributed by atoms with Crippen molar-refractivity contribution < 1.29 is 0 Å². The molecule has 1 aromatic carbocycles. The van der Waals surface area contributed by atoms with Gasteiger partial charge in [-0.1, -0.05) is 52.1 Å². The molecule has 0 atom stereocenters. The number of hydrogen-bond acceptors (Lipinski definition) is 1. The maximum Gasteiger partial charge on any atom is 0.0595 e. The van der Waals surface area contributed by atoms with Crippen LogP contribution in [0.1, 0.15) is 18.9 Å². The van der Waals surface area contributed by atoms with Crippen molar-refractivity contribution in [2.24, 2.45) is 0 Å². The monoisotopic (exact) mass is 323 g/mol. The van der Waals surface area contributed by atoms with E-state index < -0.39 is 0 Å². The summed E-state index contributed by atoms with van der Waals surface area (Å²) < 4.78 is 0. The van der Waals surface area contributed by atoms with Crippen LogP contribution in [-0.2, 0) is 6.54 Å². The molecule has 0 N–H and O–H groups in total. The van der Waals surface area contributed by atoms with Crippen molar-refractivity contribution in [2.45, 2.75) is 19.9 Å². The zero-order chi connectivity index (χ0) is 12.0. The average Bonchev–Trinajstić information content (AvgIpc) is 2.24. The Hall–Kier alpha value is 0.240.